The van der Waals surface area contributed by atoms with Crippen LogP contribution in [0.15, 0.2) is 6.33 Å². The molecule has 1 aliphatic rings. The largest absolute Gasteiger partial charge is 0.334 e. The second kappa shape index (κ2) is 4.97. The number of hydrogen-bond acceptors (Lipinski definition) is 3. The third-order valence-corrected chi connectivity index (χ3v) is 3.51. The Kier molecular flexibility index (Phi) is 3.61. The van der Waals surface area contributed by atoms with Gasteiger partial charge in [-0.2, -0.15) is 0 Å². The van der Waals surface area contributed by atoms with Crippen molar-refractivity contribution in [3.05, 3.63) is 17.7 Å². The van der Waals surface area contributed by atoms with Gasteiger partial charge in [-0.3, -0.25) is 0 Å². The third kappa shape index (κ3) is 2.28. The fourth-order valence-electron chi connectivity index (χ4n) is 2.41. The molecule has 0 aromatic carbocycles. The van der Waals surface area contributed by atoms with Crippen LogP contribution in [-0.4, -0.2) is 41.1 Å². The number of nitrogens with zero attached hydrogens (tertiary/aromatic N) is 3. The second-order valence-electron chi connectivity index (χ2n) is 4.83. The first-order valence-electron chi connectivity index (χ1n) is 6.11. The molecule has 2 N–H and O–H groups in total. The lowest BCUT2D eigenvalue weighted by Gasteiger charge is -2.29. The summed E-state index contributed by atoms with van der Waals surface area (Å²) in [5.74, 6) is 0. The summed E-state index contributed by atoms with van der Waals surface area (Å²) in [5, 5.41) is 0. The molecule has 0 amide bonds. The summed E-state index contributed by atoms with van der Waals surface area (Å²) in [5.41, 5.74) is 8.24. The van der Waals surface area contributed by atoms with Crippen LogP contribution < -0.4 is 5.73 Å². The van der Waals surface area contributed by atoms with Gasteiger partial charge in [-0.25, -0.2) is 4.98 Å². The van der Waals surface area contributed by atoms with Crippen LogP contribution in [0.25, 0.3) is 0 Å². The maximum absolute atomic E-state index is 5.55. The van der Waals surface area contributed by atoms with Crippen LogP contribution in [0, 0.1) is 0 Å². The summed E-state index contributed by atoms with van der Waals surface area (Å²) < 4.78 is 2.31. The lowest BCUT2D eigenvalue weighted by molar-refractivity contribution is 0.245. The number of nitrogens with two attached hydrogens (primary N) is 1. The third-order valence-electron chi connectivity index (χ3n) is 3.51. The summed E-state index contributed by atoms with van der Waals surface area (Å²) >= 11 is 0. The molecule has 0 bridgehead atoms. The van der Waals surface area contributed by atoms with E-state index in [0.29, 0.717) is 6.04 Å². The zero-order valence-electron chi connectivity index (χ0n) is 10.3. The summed E-state index contributed by atoms with van der Waals surface area (Å²) in [7, 11) is 4.33. The molecule has 2 heterocycles. The van der Waals surface area contributed by atoms with Gasteiger partial charge in [0, 0.05) is 24.7 Å². The number of aryl methyl sites for hydroxylation is 2. The first-order chi connectivity index (χ1) is 7.72. The van der Waals surface area contributed by atoms with Crippen molar-refractivity contribution in [2.45, 2.75) is 38.3 Å². The number of likely N-dealkylation sites (N-methyl/N-ethyl adjacent to an activating group) is 1. The molecule has 0 fully saturated rings. The second-order valence-corrected chi connectivity index (χ2v) is 4.83. The Labute approximate surface area is 97.4 Å². The predicted molar refractivity (Wildman–Crippen MR) is 65.4 cm³/mol. The highest BCUT2D eigenvalue weighted by molar-refractivity contribution is 5.17. The Bertz CT molecular complexity index is 343. The minimum absolute atomic E-state index is 0.667. The van der Waals surface area contributed by atoms with Crippen LogP contribution >= 0.6 is 0 Å². The van der Waals surface area contributed by atoms with Crippen molar-refractivity contribution >= 4 is 0 Å². The van der Waals surface area contributed by atoms with Gasteiger partial charge in [0.1, 0.15) is 0 Å². The summed E-state index contributed by atoms with van der Waals surface area (Å²) in [4.78, 5) is 6.84. The van der Waals surface area contributed by atoms with Crippen molar-refractivity contribution in [2.75, 3.05) is 20.6 Å². The predicted octanol–water partition coefficient (Wildman–Crippen LogP) is 0.651. The maximum Gasteiger partial charge on any atom is 0.0951 e. The monoisotopic (exact) mass is 222 g/mol. The standard InChI is InChI=1S/C12H22N4/c1-15(2)10-5-7-16-9-14-11(4-3-6-13)12(16)8-10/h9-10H,3-8,13H2,1-2H3. The van der Waals surface area contributed by atoms with Gasteiger partial charge in [0.25, 0.3) is 0 Å². The molecule has 1 aromatic rings. The number of fused-ring (bicyclic) bond motifs is 1. The van der Waals surface area contributed by atoms with Crippen LogP contribution in [0.4, 0.5) is 0 Å². The van der Waals surface area contributed by atoms with Crippen molar-refractivity contribution in [3.63, 3.8) is 0 Å². The van der Waals surface area contributed by atoms with E-state index < -0.39 is 0 Å². The lowest BCUT2D eigenvalue weighted by Crippen LogP contribution is -2.35. The Hall–Kier alpha value is -0.870. The van der Waals surface area contributed by atoms with Crippen LogP contribution in [-0.2, 0) is 19.4 Å². The molecule has 90 valence electrons. The fraction of sp³-hybridized carbons (Fsp3) is 0.750. The summed E-state index contributed by atoms with van der Waals surface area (Å²) in [6.07, 6.45) is 6.42. The zero-order chi connectivity index (χ0) is 11.5. The highest BCUT2D eigenvalue weighted by Crippen LogP contribution is 2.21. The van der Waals surface area contributed by atoms with Crippen molar-refractivity contribution in [3.8, 4) is 0 Å². The average Bonchev–Trinajstić information content (AvgIpc) is 2.68. The topological polar surface area (TPSA) is 47.1 Å². The first kappa shape index (κ1) is 11.6. The number of hydrogen-bond donors (Lipinski definition) is 1. The molecule has 0 spiro atoms. The van der Waals surface area contributed by atoms with Crippen molar-refractivity contribution in [1.29, 1.82) is 0 Å². The van der Waals surface area contributed by atoms with Gasteiger partial charge >= 0.3 is 0 Å². The van der Waals surface area contributed by atoms with Gasteiger partial charge in [-0.05, 0) is 39.9 Å². The SMILES string of the molecule is CN(C)C1CCn2cnc(CCCN)c2C1. The summed E-state index contributed by atoms with van der Waals surface area (Å²) in [6, 6.07) is 0.667. The van der Waals surface area contributed by atoms with E-state index in [9.17, 15) is 0 Å². The summed E-state index contributed by atoms with van der Waals surface area (Å²) in [6.45, 7) is 1.86. The van der Waals surface area contributed by atoms with Gasteiger partial charge < -0.3 is 15.2 Å². The molecule has 4 heteroatoms. The van der Waals surface area contributed by atoms with Gasteiger partial charge in [-0.15, -0.1) is 0 Å². The van der Waals surface area contributed by atoms with Crippen LogP contribution in [0.5, 0.6) is 0 Å². The van der Waals surface area contributed by atoms with Gasteiger partial charge in [0.15, 0.2) is 0 Å². The van der Waals surface area contributed by atoms with Gasteiger partial charge in [0.05, 0.1) is 12.0 Å². The van der Waals surface area contributed by atoms with E-state index in [1.165, 1.54) is 17.8 Å². The normalized spacial score (nSPS) is 20.1. The molecule has 0 saturated carbocycles. The Balaban J connectivity index is 2.11. The lowest BCUT2D eigenvalue weighted by atomic mass is 10.0. The number of aromatic nitrogens is 2. The molecule has 1 atom stereocenters. The molecule has 0 saturated heterocycles. The molecule has 1 aromatic heterocycles. The highest BCUT2D eigenvalue weighted by atomic mass is 15.1. The van der Waals surface area contributed by atoms with E-state index in [1.807, 2.05) is 6.33 Å². The Morgan fingerprint density at radius 2 is 2.38 bits per heavy atom. The van der Waals surface area contributed by atoms with E-state index in [2.05, 4.69) is 28.5 Å². The maximum atomic E-state index is 5.55. The molecule has 2 rings (SSSR count). The number of imidazole rings is 1. The van der Waals surface area contributed by atoms with E-state index in [4.69, 9.17) is 5.73 Å². The van der Waals surface area contributed by atoms with Crippen LogP contribution in [0.1, 0.15) is 24.2 Å². The average molecular weight is 222 g/mol. The zero-order valence-corrected chi connectivity index (χ0v) is 10.3. The van der Waals surface area contributed by atoms with E-state index in [0.717, 1.165) is 32.4 Å². The fourth-order valence-corrected chi connectivity index (χ4v) is 2.41. The Morgan fingerprint density at radius 1 is 1.56 bits per heavy atom. The molecule has 1 aliphatic heterocycles. The molecule has 16 heavy (non-hydrogen) atoms. The van der Waals surface area contributed by atoms with Crippen molar-refractivity contribution < 1.29 is 0 Å². The number of rotatable bonds is 4. The molecule has 0 radical (unpaired) electrons. The highest BCUT2D eigenvalue weighted by Gasteiger charge is 2.22. The minimum atomic E-state index is 0.667. The molecule has 4 nitrogen and oxygen atoms in total. The van der Waals surface area contributed by atoms with Gasteiger partial charge in [0.2, 0.25) is 0 Å². The first-order valence-corrected chi connectivity index (χ1v) is 6.11. The molecular formula is C12H22N4. The molecule has 0 aliphatic carbocycles. The van der Waals surface area contributed by atoms with E-state index >= 15 is 0 Å². The van der Waals surface area contributed by atoms with E-state index in [1.54, 1.807) is 0 Å². The van der Waals surface area contributed by atoms with Gasteiger partial charge in [-0.1, -0.05) is 0 Å². The smallest absolute Gasteiger partial charge is 0.0951 e. The van der Waals surface area contributed by atoms with Crippen LogP contribution in [0.3, 0.4) is 0 Å². The van der Waals surface area contributed by atoms with E-state index in [-0.39, 0.29) is 0 Å². The Morgan fingerprint density at radius 3 is 3.06 bits per heavy atom. The van der Waals surface area contributed by atoms with Crippen LogP contribution in [0.2, 0.25) is 0 Å². The molecule has 1 unspecified atom stereocenters. The minimum Gasteiger partial charge on any atom is -0.334 e. The molecular weight excluding hydrogens is 200 g/mol. The van der Waals surface area contributed by atoms with Crippen molar-refractivity contribution in [1.82, 2.24) is 14.5 Å². The van der Waals surface area contributed by atoms with Crippen molar-refractivity contribution in [2.24, 2.45) is 5.73 Å². The quantitative estimate of drug-likeness (QED) is 0.813.